The molecule has 1 heteroatoms. The third kappa shape index (κ3) is 4.93. The van der Waals surface area contributed by atoms with Crippen LogP contribution in [-0.4, -0.2) is 5.78 Å². The Bertz CT molecular complexity index is 465. The lowest BCUT2D eigenvalue weighted by molar-refractivity contribution is 0.0979. The van der Waals surface area contributed by atoms with Crippen LogP contribution in [0.5, 0.6) is 0 Å². The number of ketones is 1. The molecule has 0 bridgehead atoms. The van der Waals surface area contributed by atoms with Crippen LogP contribution in [-0.2, 0) is 5.41 Å². The van der Waals surface area contributed by atoms with Crippen molar-refractivity contribution >= 4 is 5.78 Å². The molecule has 0 heterocycles. The predicted molar refractivity (Wildman–Crippen MR) is 99.2 cm³/mol. The van der Waals surface area contributed by atoms with Gasteiger partial charge in [-0.1, -0.05) is 83.1 Å². The molecule has 2 rings (SSSR count). The lowest BCUT2D eigenvalue weighted by Crippen LogP contribution is -2.29. The van der Waals surface area contributed by atoms with Crippen molar-refractivity contribution < 1.29 is 4.79 Å². The van der Waals surface area contributed by atoms with Gasteiger partial charge in [0.2, 0.25) is 0 Å². The predicted octanol–water partition coefficient (Wildman–Crippen LogP) is 6.84. The Hall–Kier alpha value is -1.11. The highest BCUT2D eigenvalue weighted by atomic mass is 16.1. The van der Waals surface area contributed by atoms with E-state index < -0.39 is 0 Å². The molecule has 0 aliphatic heterocycles. The van der Waals surface area contributed by atoms with Crippen LogP contribution < -0.4 is 0 Å². The number of benzene rings is 1. The van der Waals surface area contributed by atoms with Crippen LogP contribution in [0.4, 0.5) is 0 Å². The number of Topliss-reactive ketones (excluding diaryl/α,β-unsaturated/α-hetero) is 1. The molecule has 1 saturated carbocycles. The summed E-state index contributed by atoms with van der Waals surface area (Å²) in [6.07, 6.45) is 14.9. The molecule has 0 unspecified atom stereocenters. The smallest absolute Gasteiger partial charge is 0.162 e. The molecule has 1 fully saturated rings. The van der Waals surface area contributed by atoms with Crippen molar-refractivity contribution in [2.24, 2.45) is 0 Å². The summed E-state index contributed by atoms with van der Waals surface area (Å²) < 4.78 is 0. The summed E-state index contributed by atoms with van der Waals surface area (Å²) in [5.74, 6) is 0.307. The van der Waals surface area contributed by atoms with Crippen LogP contribution in [0.1, 0.15) is 107 Å². The zero-order chi connectivity index (χ0) is 16.5. The molecule has 1 aromatic carbocycles. The lowest BCUT2D eigenvalue weighted by Gasteiger charge is -2.38. The van der Waals surface area contributed by atoms with Gasteiger partial charge in [0.25, 0.3) is 0 Å². The van der Waals surface area contributed by atoms with E-state index in [1.54, 1.807) is 0 Å². The summed E-state index contributed by atoms with van der Waals surface area (Å²) in [6.45, 7) is 4.42. The van der Waals surface area contributed by atoms with E-state index in [-0.39, 0.29) is 0 Å². The van der Waals surface area contributed by atoms with Gasteiger partial charge >= 0.3 is 0 Å². The molecule has 0 amide bonds. The SMILES string of the molecule is CCCCCC1(c2ccc(C(=O)CCCC)cc2)CCCCC1. The Kier molecular flexibility index (Phi) is 7.33. The first-order chi connectivity index (χ1) is 11.2. The van der Waals surface area contributed by atoms with Crippen molar-refractivity contribution in [1.29, 1.82) is 0 Å². The van der Waals surface area contributed by atoms with E-state index in [0.717, 1.165) is 18.4 Å². The van der Waals surface area contributed by atoms with E-state index in [0.29, 0.717) is 17.6 Å². The molecule has 0 aromatic heterocycles. The minimum absolute atomic E-state index is 0.307. The zero-order valence-corrected chi connectivity index (χ0v) is 15.2. The van der Waals surface area contributed by atoms with Crippen molar-refractivity contribution in [1.82, 2.24) is 0 Å². The van der Waals surface area contributed by atoms with Gasteiger partial charge in [-0.15, -0.1) is 0 Å². The highest BCUT2D eigenvalue weighted by Gasteiger charge is 2.33. The van der Waals surface area contributed by atoms with Gasteiger partial charge in [-0.25, -0.2) is 0 Å². The topological polar surface area (TPSA) is 17.1 Å². The van der Waals surface area contributed by atoms with Gasteiger partial charge in [-0.2, -0.15) is 0 Å². The van der Waals surface area contributed by atoms with Crippen LogP contribution in [0.15, 0.2) is 24.3 Å². The number of carbonyl (C=O) groups is 1. The quantitative estimate of drug-likeness (QED) is 0.360. The van der Waals surface area contributed by atoms with E-state index >= 15 is 0 Å². The molecule has 1 nitrogen and oxygen atoms in total. The standard InChI is InChI=1S/C22H34O/c1-3-5-8-16-22(17-9-7-10-18-22)20-14-12-19(13-15-20)21(23)11-6-4-2/h12-15H,3-11,16-18H2,1-2H3. The van der Waals surface area contributed by atoms with Gasteiger partial charge in [0, 0.05) is 12.0 Å². The summed E-state index contributed by atoms with van der Waals surface area (Å²) in [5, 5.41) is 0. The second-order valence-corrected chi connectivity index (χ2v) is 7.40. The van der Waals surface area contributed by atoms with Gasteiger partial charge in [0.1, 0.15) is 0 Å². The van der Waals surface area contributed by atoms with Crippen LogP contribution in [0.2, 0.25) is 0 Å². The van der Waals surface area contributed by atoms with E-state index in [1.165, 1.54) is 63.4 Å². The van der Waals surface area contributed by atoms with Gasteiger partial charge in [0.15, 0.2) is 5.78 Å². The Morgan fingerprint density at radius 2 is 1.57 bits per heavy atom. The molecule has 128 valence electrons. The maximum Gasteiger partial charge on any atom is 0.162 e. The maximum absolute atomic E-state index is 12.2. The van der Waals surface area contributed by atoms with Crippen LogP contribution in [0.3, 0.4) is 0 Å². The molecule has 0 N–H and O–H groups in total. The van der Waals surface area contributed by atoms with Gasteiger partial charge in [-0.3, -0.25) is 4.79 Å². The first-order valence-corrected chi connectivity index (χ1v) is 9.85. The van der Waals surface area contributed by atoms with Crippen molar-refractivity contribution in [2.45, 2.75) is 96.3 Å². The van der Waals surface area contributed by atoms with Crippen molar-refractivity contribution in [3.05, 3.63) is 35.4 Å². The molecule has 0 spiro atoms. The number of hydrogen-bond donors (Lipinski definition) is 0. The van der Waals surface area contributed by atoms with E-state index in [4.69, 9.17) is 0 Å². The van der Waals surface area contributed by atoms with Crippen LogP contribution >= 0.6 is 0 Å². The highest BCUT2D eigenvalue weighted by molar-refractivity contribution is 5.96. The number of unbranched alkanes of at least 4 members (excludes halogenated alkanes) is 3. The first-order valence-electron chi connectivity index (χ1n) is 9.85. The number of carbonyl (C=O) groups excluding carboxylic acids is 1. The fourth-order valence-electron chi connectivity index (χ4n) is 4.12. The molecular weight excluding hydrogens is 280 g/mol. The molecular formula is C22H34O. The molecule has 0 saturated heterocycles. The van der Waals surface area contributed by atoms with Crippen molar-refractivity contribution in [3.63, 3.8) is 0 Å². The third-order valence-corrected chi connectivity index (χ3v) is 5.65. The monoisotopic (exact) mass is 314 g/mol. The summed E-state index contributed by atoms with van der Waals surface area (Å²) in [4.78, 5) is 12.2. The normalized spacial score (nSPS) is 17.1. The van der Waals surface area contributed by atoms with E-state index in [9.17, 15) is 4.79 Å². The van der Waals surface area contributed by atoms with Crippen LogP contribution in [0, 0.1) is 0 Å². The molecule has 0 radical (unpaired) electrons. The minimum Gasteiger partial charge on any atom is -0.294 e. The Morgan fingerprint density at radius 1 is 0.913 bits per heavy atom. The molecule has 1 aliphatic carbocycles. The molecule has 23 heavy (non-hydrogen) atoms. The lowest BCUT2D eigenvalue weighted by atomic mass is 9.66. The van der Waals surface area contributed by atoms with Gasteiger partial charge in [0.05, 0.1) is 0 Å². The van der Waals surface area contributed by atoms with Gasteiger partial charge < -0.3 is 0 Å². The largest absolute Gasteiger partial charge is 0.294 e. The Labute approximate surface area is 142 Å². The minimum atomic E-state index is 0.307. The molecule has 0 atom stereocenters. The number of rotatable bonds is 9. The Morgan fingerprint density at radius 3 is 2.17 bits per heavy atom. The average molecular weight is 315 g/mol. The van der Waals surface area contributed by atoms with Crippen LogP contribution in [0.25, 0.3) is 0 Å². The molecule has 1 aliphatic rings. The second-order valence-electron chi connectivity index (χ2n) is 7.40. The second kappa shape index (κ2) is 9.25. The summed E-state index contributed by atoms with van der Waals surface area (Å²) in [6, 6.07) is 8.69. The maximum atomic E-state index is 12.2. The van der Waals surface area contributed by atoms with Crippen molar-refractivity contribution in [2.75, 3.05) is 0 Å². The summed E-state index contributed by atoms with van der Waals surface area (Å²) >= 11 is 0. The summed E-state index contributed by atoms with van der Waals surface area (Å²) in [5.41, 5.74) is 2.78. The highest BCUT2D eigenvalue weighted by Crippen LogP contribution is 2.43. The fraction of sp³-hybridized carbons (Fsp3) is 0.682. The molecule has 1 aromatic rings. The van der Waals surface area contributed by atoms with E-state index in [2.05, 4.69) is 38.1 Å². The fourth-order valence-corrected chi connectivity index (χ4v) is 4.12. The Balaban J connectivity index is 2.10. The van der Waals surface area contributed by atoms with Crippen molar-refractivity contribution in [3.8, 4) is 0 Å². The van der Waals surface area contributed by atoms with Gasteiger partial charge in [-0.05, 0) is 36.7 Å². The first kappa shape index (κ1) is 18.2. The third-order valence-electron chi connectivity index (χ3n) is 5.65. The summed E-state index contributed by atoms with van der Waals surface area (Å²) in [7, 11) is 0. The van der Waals surface area contributed by atoms with E-state index in [1.807, 2.05) is 0 Å². The number of hydrogen-bond acceptors (Lipinski definition) is 1. The average Bonchev–Trinajstić information content (AvgIpc) is 2.61. The zero-order valence-electron chi connectivity index (χ0n) is 15.2.